The van der Waals surface area contributed by atoms with Crippen LogP contribution in [0.25, 0.3) is 0 Å². The van der Waals surface area contributed by atoms with E-state index >= 15 is 0 Å². The Morgan fingerprint density at radius 1 is 1.36 bits per heavy atom. The number of benzene rings is 1. The van der Waals surface area contributed by atoms with Crippen molar-refractivity contribution in [3.05, 3.63) is 46.5 Å². The Labute approximate surface area is 134 Å². The number of hydrogen-bond acceptors (Lipinski definition) is 4. The summed E-state index contributed by atoms with van der Waals surface area (Å²) in [7, 11) is 1.34. The van der Waals surface area contributed by atoms with Crippen molar-refractivity contribution in [2.75, 3.05) is 7.11 Å². The lowest BCUT2D eigenvalue weighted by Crippen LogP contribution is -2.06. The number of aromatic nitrogens is 2. The summed E-state index contributed by atoms with van der Waals surface area (Å²) in [5.41, 5.74) is 1.08. The maximum Gasteiger partial charge on any atom is 0.341 e. The number of ether oxygens (including phenoxy) is 2. The van der Waals surface area contributed by atoms with Crippen molar-refractivity contribution in [2.24, 2.45) is 0 Å². The van der Waals surface area contributed by atoms with Crippen molar-refractivity contribution in [3.8, 4) is 5.75 Å². The molecule has 0 amide bonds. The van der Waals surface area contributed by atoms with E-state index in [0.29, 0.717) is 22.2 Å². The number of aryl methyl sites for hydroxylation is 1. The van der Waals surface area contributed by atoms with Crippen LogP contribution in [0.4, 0.5) is 0 Å². The number of aromatic amines is 1. The van der Waals surface area contributed by atoms with Gasteiger partial charge >= 0.3 is 5.97 Å². The molecule has 2 aromatic rings. The van der Waals surface area contributed by atoms with Crippen LogP contribution in [0.3, 0.4) is 0 Å². The summed E-state index contributed by atoms with van der Waals surface area (Å²) in [5.74, 6) is 0.872. The van der Waals surface area contributed by atoms with Crippen molar-refractivity contribution in [2.45, 2.75) is 32.8 Å². The predicted molar refractivity (Wildman–Crippen MR) is 84.3 cm³/mol. The maximum absolute atomic E-state index is 11.7. The van der Waals surface area contributed by atoms with Crippen LogP contribution in [0.1, 0.15) is 41.6 Å². The van der Waals surface area contributed by atoms with Gasteiger partial charge < -0.3 is 14.5 Å². The van der Waals surface area contributed by atoms with E-state index in [9.17, 15) is 4.79 Å². The number of hydrogen-bond donors (Lipinski definition) is 1. The first-order valence-electron chi connectivity index (χ1n) is 7.19. The quantitative estimate of drug-likeness (QED) is 0.788. The molecule has 0 bridgehead atoms. The van der Waals surface area contributed by atoms with E-state index in [-0.39, 0.29) is 6.61 Å². The molecule has 5 nitrogen and oxygen atoms in total. The van der Waals surface area contributed by atoms with Gasteiger partial charge in [-0.1, -0.05) is 37.1 Å². The van der Waals surface area contributed by atoms with Crippen molar-refractivity contribution in [1.29, 1.82) is 0 Å². The van der Waals surface area contributed by atoms with Gasteiger partial charge in [-0.05, 0) is 18.6 Å². The second kappa shape index (κ2) is 7.84. The maximum atomic E-state index is 11.7. The van der Waals surface area contributed by atoms with E-state index < -0.39 is 5.97 Å². The second-order valence-corrected chi connectivity index (χ2v) is 5.19. The predicted octanol–water partition coefficient (Wildman–Crippen LogP) is 3.77. The molecule has 1 heterocycles. The first kappa shape index (κ1) is 16.4. The molecule has 0 aliphatic rings. The summed E-state index contributed by atoms with van der Waals surface area (Å²) in [6.45, 7) is 2.34. The van der Waals surface area contributed by atoms with E-state index in [4.69, 9.17) is 21.1 Å². The highest BCUT2D eigenvalue weighted by molar-refractivity contribution is 6.30. The largest absolute Gasteiger partial charge is 0.486 e. The van der Waals surface area contributed by atoms with Gasteiger partial charge in [-0.25, -0.2) is 9.78 Å². The molecule has 0 spiro atoms. The molecule has 1 aromatic carbocycles. The van der Waals surface area contributed by atoms with Crippen LogP contribution in [-0.4, -0.2) is 23.0 Å². The Morgan fingerprint density at radius 3 is 2.86 bits per heavy atom. The van der Waals surface area contributed by atoms with Gasteiger partial charge in [0.1, 0.15) is 23.7 Å². The van der Waals surface area contributed by atoms with Crippen LogP contribution in [0, 0.1) is 0 Å². The molecule has 0 aliphatic carbocycles. The highest BCUT2D eigenvalue weighted by Crippen LogP contribution is 2.22. The molecular formula is C16H19ClN2O3. The van der Waals surface area contributed by atoms with Crippen LogP contribution >= 0.6 is 11.6 Å². The van der Waals surface area contributed by atoms with E-state index in [1.165, 1.54) is 7.11 Å². The standard InChI is InChI=1S/C16H19ClN2O3/c1-3-4-9-14-18-12(15(17)19-14)10-22-13-8-6-5-7-11(13)16(20)21-2/h5-8H,3-4,9-10H2,1-2H3,(H,18,19). The Kier molecular flexibility index (Phi) is 5.83. The van der Waals surface area contributed by atoms with Gasteiger partial charge in [0.05, 0.1) is 12.8 Å². The lowest BCUT2D eigenvalue weighted by molar-refractivity contribution is 0.0595. The van der Waals surface area contributed by atoms with Crippen LogP contribution in [0.2, 0.25) is 5.15 Å². The number of carbonyl (C=O) groups excluding carboxylic acids is 1. The zero-order valence-corrected chi connectivity index (χ0v) is 13.4. The van der Waals surface area contributed by atoms with Gasteiger partial charge in [0, 0.05) is 6.42 Å². The van der Waals surface area contributed by atoms with Gasteiger partial charge in [0.25, 0.3) is 0 Å². The minimum atomic E-state index is -0.435. The molecule has 118 valence electrons. The third-order valence-corrected chi connectivity index (χ3v) is 3.52. The Bertz CT molecular complexity index is 640. The fourth-order valence-corrected chi connectivity index (χ4v) is 2.22. The Morgan fingerprint density at radius 2 is 2.14 bits per heavy atom. The highest BCUT2D eigenvalue weighted by atomic mass is 35.5. The number of unbranched alkanes of at least 4 members (excludes halogenated alkanes) is 1. The molecule has 0 saturated carbocycles. The lowest BCUT2D eigenvalue weighted by Gasteiger charge is -2.09. The molecule has 0 unspecified atom stereocenters. The molecule has 22 heavy (non-hydrogen) atoms. The first-order chi connectivity index (χ1) is 10.7. The van der Waals surface area contributed by atoms with Crippen LogP contribution in [-0.2, 0) is 17.8 Å². The highest BCUT2D eigenvalue weighted by Gasteiger charge is 2.14. The van der Waals surface area contributed by atoms with E-state index in [1.807, 2.05) is 0 Å². The molecule has 1 aromatic heterocycles. The molecule has 1 N–H and O–H groups in total. The first-order valence-corrected chi connectivity index (χ1v) is 7.57. The lowest BCUT2D eigenvalue weighted by atomic mass is 10.2. The number of H-pyrrole nitrogens is 1. The minimum Gasteiger partial charge on any atom is -0.486 e. The fraction of sp³-hybridized carbons (Fsp3) is 0.375. The molecule has 0 fully saturated rings. The number of rotatable bonds is 7. The van der Waals surface area contributed by atoms with E-state index in [1.54, 1.807) is 24.3 Å². The normalized spacial score (nSPS) is 10.5. The number of methoxy groups -OCH3 is 1. The number of carbonyl (C=O) groups is 1. The summed E-state index contributed by atoms with van der Waals surface area (Å²) in [6.07, 6.45) is 3.00. The average Bonchev–Trinajstić information content (AvgIpc) is 2.90. The Balaban J connectivity index is 2.07. The van der Waals surface area contributed by atoms with Crippen molar-refractivity contribution in [3.63, 3.8) is 0 Å². The van der Waals surface area contributed by atoms with E-state index in [0.717, 1.165) is 25.1 Å². The number of nitrogens with zero attached hydrogens (tertiary/aromatic N) is 1. The number of nitrogens with one attached hydrogen (secondary N) is 1. The van der Waals surface area contributed by atoms with Crippen molar-refractivity contribution < 1.29 is 14.3 Å². The molecule has 2 rings (SSSR count). The molecule has 0 radical (unpaired) electrons. The van der Waals surface area contributed by atoms with E-state index in [2.05, 4.69) is 16.9 Å². The molecule has 0 aliphatic heterocycles. The SMILES string of the molecule is CCCCc1nc(Cl)c(COc2ccccc2C(=O)OC)[nH]1. The fourth-order valence-electron chi connectivity index (χ4n) is 2.02. The molecule has 6 heteroatoms. The van der Waals surface area contributed by atoms with Crippen LogP contribution in [0.15, 0.2) is 24.3 Å². The van der Waals surface area contributed by atoms with Gasteiger partial charge in [0.15, 0.2) is 5.15 Å². The average molecular weight is 323 g/mol. The second-order valence-electron chi connectivity index (χ2n) is 4.83. The van der Waals surface area contributed by atoms with Crippen LogP contribution in [0.5, 0.6) is 5.75 Å². The Hall–Kier alpha value is -2.01. The zero-order valence-electron chi connectivity index (χ0n) is 12.7. The van der Waals surface area contributed by atoms with Gasteiger partial charge in [-0.2, -0.15) is 0 Å². The molecule has 0 saturated heterocycles. The third-order valence-electron chi connectivity index (χ3n) is 3.21. The summed E-state index contributed by atoms with van der Waals surface area (Å²) >= 11 is 6.11. The van der Waals surface area contributed by atoms with Crippen molar-refractivity contribution >= 4 is 17.6 Å². The number of para-hydroxylation sites is 1. The summed E-state index contributed by atoms with van der Waals surface area (Å²) in [4.78, 5) is 19.1. The van der Waals surface area contributed by atoms with Gasteiger partial charge in [-0.15, -0.1) is 0 Å². The topological polar surface area (TPSA) is 64.2 Å². The molecule has 0 atom stereocenters. The zero-order chi connectivity index (χ0) is 15.9. The smallest absolute Gasteiger partial charge is 0.341 e. The summed E-state index contributed by atoms with van der Waals surface area (Å²) in [5, 5.41) is 0.404. The third kappa shape index (κ3) is 4.01. The summed E-state index contributed by atoms with van der Waals surface area (Å²) < 4.78 is 10.4. The van der Waals surface area contributed by atoms with Gasteiger partial charge in [0.2, 0.25) is 0 Å². The van der Waals surface area contributed by atoms with Crippen LogP contribution < -0.4 is 4.74 Å². The number of imidazole rings is 1. The van der Waals surface area contributed by atoms with Gasteiger partial charge in [-0.3, -0.25) is 0 Å². The molecular weight excluding hydrogens is 304 g/mol. The monoisotopic (exact) mass is 322 g/mol. The van der Waals surface area contributed by atoms with Crippen molar-refractivity contribution in [1.82, 2.24) is 9.97 Å². The minimum absolute atomic E-state index is 0.214. The number of halogens is 1. The summed E-state index contributed by atoms with van der Waals surface area (Å²) in [6, 6.07) is 6.92. The number of esters is 1.